The average Bonchev–Trinajstić information content (AvgIpc) is 3.18. The minimum absolute atomic E-state index is 0.00423. The predicted molar refractivity (Wildman–Crippen MR) is 91.8 cm³/mol. The van der Waals surface area contributed by atoms with Crippen LogP contribution in [0.4, 0.5) is 0 Å². The lowest BCUT2D eigenvalue weighted by Gasteiger charge is -2.31. The molecule has 4 heteroatoms. The number of carbonyl (C=O) groups excluding carboxylic acids is 1. The van der Waals surface area contributed by atoms with Crippen molar-refractivity contribution < 1.29 is 4.79 Å². The zero-order chi connectivity index (χ0) is 14.9. The predicted octanol–water partition coefficient (Wildman–Crippen LogP) is 5.53. The normalized spacial score (nSPS) is 14.4. The molecule has 0 radical (unpaired) electrons. The number of thiophene rings is 2. The highest BCUT2D eigenvalue weighted by Crippen LogP contribution is 2.41. The van der Waals surface area contributed by atoms with Gasteiger partial charge < -0.3 is 4.57 Å². The van der Waals surface area contributed by atoms with Crippen LogP contribution in [0.2, 0.25) is 0 Å². The second-order valence-electron chi connectivity index (χ2n) is 5.57. The number of nitrogens with zero attached hydrogens (tertiary/aromatic N) is 1. The fourth-order valence-electron chi connectivity index (χ4n) is 2.74. The summed E-state index contributed by atoms with van der Waals surface area (Å²) < 4.78 is 4.78. The van der Waals surface area contributed by atoms with E-state index in [0.717, 1.165) is 17.6 Å². The Morgan fingerprint density at radius 3 is 2.52 bits per heavy atom. The van der Waals surface area contributed by atoms with E-state index in [1.165, 1.54) is 27.1 Å². The van der Waals surface area contributed by atoms with Gasteiger partial charge in [0.05, 0.1) is 10.4 Å². The molecule has 0 aliphatic rings. The summed E-state index contributed by atoms with van der Waals surface area (Å²) >= 11 is 3.41. The SMILES string of the molecule is CCCCC(C)(c1cc2sc(C=O)cc2s1)n1cccc1. The summed E-state index contributed by atoms with van der Waals surface area (Å²) in [4.78, 5) is 13.1. The number of unbranched alkanes of at least 4 members (excludes halogenated alkanes) is 1. The molecule has 3 heterocycles. The number of fused-ring (bicyclic) bond motifs is 1. The molecule has 0 aliphatic heterocycles. The van der Waals surface area contributed by atoms with E-state index in [-0.39, 0.29) is 5.54 Å². The van der Waals surface area contributed by atoms with Crippen molar-refractivity contribution in [2.75, 3.05) is 0 Å². The van der Waals surface area contributed by atoms with Gasteiger partial charge in [-0.1, -0.05) is 19.8 Å². The third-order valence-corrected chi connectivity index (χ3v) is 6.54. The van der Waals surface area contributed by atoms with E-state index in [4.69, 9.17) is 0 Å². The summed E-state index contributed by atoms with van der Waals surface area (Å²) in [5.74, 6) is 0. The van der Waals surface area contributed by atoms with Gasteiger partial charge in [0.25, 0.3) is 0 Å². The van der Waals surface area contributed by atoms with Gasteiger partial charge in [-0.25, -0.2) is 0 Å². The molecule has 0 bridgehead atoms. The van der Waals surface area contributed by atoms with Crippen LogP contribution in [0.25, 0.3) is 9.40 Å². The van der Waals surface area contributed by atoms with E-state index < -0.39 is 0 Å². The first kappa shape index (κ1) is 14.5. The molecule has 0 aliphatic carbocycles. The van der Waals surface area contributed by atoms with Crippen molar-refractivity contribution in [2.24, 2.45) is 0 Å². The van der Waals surface area contributed by atoms with Gasteiger partial charge >= 0.3 is 0 Å². The van der Waals surface area contributed by atoms with Crippen LogP contribution in [0.15, 0.2) is 36.7 Å². The first-order valence-electron chi connectivity index (χ1n) is 7.30. The van der Waals surface area contributed by atoms with Crippen molar-refractivity contribution in [1.29, 1.82) is 0 Å². The summed E-state index contributed by atoms with van der Waals surface area (Å²) in [6.45, 7) is 4.55. The molecule has 2 nitrogen and oxygen atoms in total. The minimum atomic E-state index is 0.00423. The van der Waals surface area contributed by atoms with Gasteiger partial charge in [-0.05, 0) is 37.6 Å². The van der Waals surface area contributed by atoms with Crippen molar-refractivity contribution in [2.45, 2.75) is 38.6 Å². The van der Waals surface area contributed by atoms with Gasteiger partial charge in [-0.2, -0.15) is 0 Å². The van der Waals surface area contributed by atoms with Crippen molar-refractivity contribution in [1.82, 2.24) is 4.57 Å². The van der Waals surface area contributed by atoms with Crippen LogP contribution >= 0.6 is 22.7 Å². The lowest BCUT2D eigenvalue weighted by atomic mass is 9.92. The van der Waals surface area contributed by atoms with Gasteiger partial charge in [-0.15, -0.1) is 22.7 Å². The molecular weight excluding hydrogens is 298 g/mol. The number of hydrogen-bond acceptors (Lipinski definition) is 3. The lowest BCUT2D eigenvalue weighted by molar-refractivity contribution is 0.112. The summed E-state index contributed by atoms with van der Waals surface area (Å²) in [7, 11) is 0. The number of rotatable bonds is 6. The van der Waals surface area contributed by atoms with Gasteiger partial charge in [0, 0.05) is 26.7 Å². The fourth-order valence-corrected chi connectivity index (χ4v) is 5.14. The minimum Gasteiger partial charge on any atom is -0.344 e. The van der Waals surface area contributed by atoms with Crippen LogP contribution in [-0.2, 0) is 5.54 Å². The largest absolute Gasteiger partial charge is 0.344 e. The molecule has 0 saturated heterocycles. The summed E-state index contributed by atoms with van der Waals surface area (Å²) in [5.41, 5.74) is 0.00423. The molecule has 0 fully saturated rings. The maximum atomic E-state index is 10.9. The third-order valence-electron chi connectivity index (χ3n) is 4.06. The molecule has 1 unspecified atom stereocenters. The van der Waals surface area contributed by atoms with Crippen LogP contribution in [-0.4, -0.2) is 10.9 Å². The lowest BCUT2D eigenvalue weighted by Crippen LogP contribution is -2.29. The van der Waals surface area contributed by atoms with Crippen LogP contribution in [0.1, 0.15) is 47.7 Å². The maximum Gasteiger partial charge on any atom is 0.160 e. The van der Waals surface area contributed by atoms with Crippen molar-refractivity contribution in [3.8, 4) is 0 Å². The second kappa shape index (κ2) is 5.78. The third kappa shape index (κ3) is 2.58. The Hall–Kier alpha value is -1.39. The van der Waals surface area contributed by atoms with Gasteiger partial charge in [0.15, 0.2) is 6.29 Å². The number of aldehydes is 1. The Labute approximate surface area is 133 Å². The standard InChI is InChI=1S/C17H19NOS2/c1-3-4-7-17(2,18-8-5-6-9-18)16-11-15-14(21-16)10-13(12-19)20-15/h5-6,8-12H,3-4,7H2,1-2H3. The van der Waals surface area contributed by atoms with E-state index in [2.05, 4.69) is 49.0 Å². The number of hydrogen-bond donors (Lipinski definition) is 0. The molecule has 3 rings (SSSR count). The van der Waals surface area contributed by atoms with Crippen LogP contribution < -0.4 is 0 Å². The van der Waals surface area contributed by atoms with E-state index in [9.17, 15) is 4.79 Å². The molecule has 0 aromatic carbocycles. The molecule has 21 heavy (non-hydrogen) atoms. The first-order chi connectivity index (χ1) is 10.2. The van der Waals surface area contributed by atoms with Gasteiger partial charge in [-0.3, -0.25) is 4.79 Å². The molecule has 0 N–H and O–H groups in total. The molecule has 1 atom stereocenters. The number of carbonyl (C=O) groups is 1. The van der Waals surface area contributed by atoms with E-state index >= 15 is 0 Å². The highest BCUT2D eigenvalue weighted by molar-refractivity contribution is 7.28. The van der Waals surface area contributed by atoms with Gasteiger partial charge in [0.2, 0.25) is 0 Å². The van der Waals surface area contributed by atoms with Crippen molar-refractivity contribution >= 4 is 38.4 Å². The summed E-state index contributed by atoms with van der Waals surface area (Å²) in [6, 6.07) is 8.46. The average molecular weight is 317 g/mol. The quantitative estimate of drug-likeness (QED) is 0.548. The maximum absolute atomic E-state index is 10.9. The zero-order valence-corrected chi connectivity index (χ0v) is 14.0. The summed E-state index contributed by atoms with van der Waals surface area (Å²) in [5, 5.41) is 0. The van der Waals surface area contributed by atoms with E-state index in [1.54, 1.807) is 11.3 Å². The zero-order valence-electron chi connectivity index (χ0n) is 12.3. The van der Waals surface area contributed by atoms with Crippen LogP contribution in [0, 0.1) is 0 Å². The smallest absolute Gasteiger partial charge is 0.160 e. The number of aromatic nitrogens is 1. The molecule has 3 aromatic heterocycles. The van der Waals surface area contributed by atoms with Gasteiger partial charge in [0.1, 0.15) is 0 Å². The fraction of sp³-hybridized carbons (Fsp3) is 0.353. The Bertz CT molecular complexity index is 707. The Morgan fingerprint density at radius 1 is 1.19 bits per heavy atom. The highest BCUT2D eigenvalue weighted by Gasteiger charge is 2.29. The molecule has 0 amide bonds. The Kier molecular flexibility index (Phi) is 4.00. The molecule has 110 valence electrons. The Balaban J connectivity index is 2.05. The first-order valence-corrected chi connectivity index (χ1v) is 8.93. The molecular formula is C17H19NOS2. The highest BCUT2D eigenvalue weighted by atomic mass is 32.1. The molecule has 0 saturated carbocycles. The summed E-state index contributed by atoms with van der Waals surface area (Å²) in [6.07, 6.45) is 8.79. The second-order valence-corrected chi connectivity index (χ2v) is 7.77. The van der Waals surface area contributed by atoms with Crippen LogP contribution in [0.5, 0.6) is 0 Å². The Morgan fingerprint density at radius 2 is 1.90 bits per heavy atom. The van der Waals surface area contributed by atoms with Crippen molar-refractivity contribution in [3.05, 3.63) is 46.4 Å². The molecule has 3 aromatic rings. The van der Waals surface area contributed by atoms with E-state index in [1.807, 2.05) is 17.4 Å². The molecule has 0 spiro atoms. The van der Waals surface area contributed by atoms with Crippen LogP contribution in [0.3, 0.4) is 0 Å². The monoisotopic (exact) mass is 317 g/mol. The van der Waals surface area contributed by atoms with E-state index in [0.29, 0.717) is 0 Å². The van der Waals surface area contributed by atoms with Crippen molar-refractivity contribution in [3.63, 3.8) is 0 Å². The topological polar surface area (TPSA) is 22.0 Å².